The maximum Gasteiger partial charge on any atom is 0.00519 e. The summed E-state index contributed by atoms with van der Waals surface area (Å²) in [6, 6.07) is 2.42. The van der Waals surface area contributed by atoms with E-state index in [0.717, 1.165) is 11.8 Å². The third kappa shape index (κ3) is 2.26. The summed E-state index contributed by atoms with van der Waals surface area (Å²) in [6.07, 6.45) is 2.61. The maximum atomic E-state index is 3.52. The standard InChI is InChI=1S/C13H21NS/c1-4-11-8-14-6-5-12(11)13-7-9(2)15-10(13)3/h7,11-12,14H,4-6,8H2,1-3H3. The topological polar surface area (TPSA) is 12.0 Å². The molecule has 2 heteroatoms. The van der Waals surface area contributed by atoms with Crippen LogP contribution >= 0.6 is 11.3 Å². The van der Waals surface area contributed by atoms with Gasteiger partial charge in [-0.05, 0) is 56.8 Å². The largest absolute Gasteiger partial charge is 0.316 e. The van der Waals surface area contributed by atoms with Gasteiger partial charge in [0.05, 0.1) is 0 Å². The fourth-order valence-electron chi connectivity index (χ4n) is 2.78. The van der Waals surface area contributed by atoms with E-state index in [-0.39, 0.29) is 0 Å². The van der Waals surface area contributed by atoms with E-state index in [0.29, 0.717) is 0 Å². The molecule has 1 aliphatic rings. The molecule has 1 aromatic rings. The van der Waals surface area contributed by atoms with E-state index >= 15 is 0 Å². The summed E-state index contributed by atoms with van der Waals surface area (Å²) in [5.41, 5.74) is 1.63. The van der Waals surface area contributed by atoms with Crippen LogP contribution in [-0.2, 0) is 0 Å². The molecule has 0 radical (unpaired) electrons. The molecule has 1 nitrogen and oxygen atoms in total. The fourth-order valence-corrected chi connectivity index (χ4v) is 3.78. The molecule has 2 unspecified atom stereocenters. The highest BCUT2D eigenvalue weighted by Crippen LogP contribution is 2.37. The zero-order chi connectivity index (χ0) is 10.8. The predicted octanol–water partition coefficient (Wildman–Crippen LogP) is 3.47. The molecule has 1 N–H and O–H groups in total. The van der Waals surface area contributed by atoms with Crippen LogP contribution in [-0.4, -0.2) is 13.1 Å². The second-order valence-corrected chi connectivity index (χ2v) is 6.10. The Hall–Kier alpha value is -0.340. The molecular formula is C13H21NS. The van der Waals surface area contributed by atoms with Crippen molar-refractivity contribution in [2.75, 3.05) is 13.1 Å². The lowest BCUT2D eigenvalue weighted by Crippen LogP contribution is -2.35. The number of nitrogens with one attached hydrogen (secondary N) is 1. The van der Waals surface area contributed by atoms with Crippen LogP contribution in [0.15, 0.2) is 6.07 Å². The average Bonchev–Trinajstić information content (AvgIpc) is 2.57. The van der Waals surface area contributed by atoms with Crippen LogP contribution < -0.4 is 5.32 Å². The highest BCUT2D eigenvalue weighted by Gasteiger charge is 2.26. The maximum absolute atomic E-state index is 3.52. The second-order valence-electron chi connectivity index (χ2n) is 4.64. The van der Waals surface area contributed by atoms with Crippen LogP contribution in [0, 0.1) is 19.8 Å². The molecule has 0 spiro atoms. The number of rotatable bonds is 2. The van der Waals surface area contributed by atoms with E-state index < -0.39 is 0 Å². The summed E-state index contributed by atoms with van der Waals surface area (Å²) in [5.74, 6) is 1.65. The molecule has 0 saturated carbocycles. The van der Waals surface area contributed by atoms with Gasteiger partial charge in [-0.2, -0.15) is 0 Å². The monoisotopic (exact) mass is 223 g/mol. The summed E-state index contributed by atoms with van der Waals surface area (Å²) < 4.78 is 0. The van der Waals surface area contributed by atoms with Crippen LogP contribution in [0.4, 0.5) is 0 Å². The van der Waals surface area contributed by atoms with Crippen molar-refractivity contribution < 1.29 is 0 Å². The predicted molar refractivity (Wildman–Crippen MR) is 67.8 cm³/mol. The van der Waals surface area contributed by atoms with Gasteiger partial charge in [0, 0.05) is 9.75 Å². The van der Waals surface area contributed by atoms with Crippen molar-refractivity contribution in [3.63, 3.8) is 0 Å². The average molecular weight is 223 g/mol. The van der Waals surface area contributed by atoms with Crippen LogP contribution in [0.25, 0.3) is 0 Å². The van der Waals surface area contributed by atoms with Gasteiger partial charge < -0.3 is 5.32 Å². The van der Waals surface area contributed by atoms with Crippen LogP contribution in [0.3, 0.4) is 0 Å². The smallest absolute Gasteiger partial charge is 0.00519 e. The number of piperidine rings is 1. The normalized spacial score (nSPS) is 26.9. The third-order valence-corrected chi connectivity index (χ3v) is 4.59. The summed E-state index contributed by atoms with van der Waals surface area (Å²) in [5, 5.41) is 3.52. The number of hydrogen-bond acceptors (Lipinski definition) is 2. The van der Waals surface area contributed by atoms with Gasteiger partial charge in [-0.3, -0.25) is 0 Å². The van der Waals surface area contributed by atoms with Gasteiger partial charge in [0.15, 0.2) is 0 Å². The van der Waals surface area contributed by atoms with E-state index in [1.807, 2.05) is 11.3 Å². The van der Waals surface area contributed by atoms with Crippen molar-refractivity contribution in [3.05, 3.63) is 21.4 Å². The minimum Gasteiger partial charge on any atom is -0.316 e. The van der Waals surface area contributed by atoms with Crippen molar-refractivity contribution in [2.45, 2.75) is 39.5 Å². The highest BCUT2D eigenvalue weighted by atomic mass is 32.1. The molecule has 0 bridgehead atoms. The van der Waals surface area contributed by atoms with Crippen molar-refractivity contribution >= 4 is 11.3 Å². The minimum absolute atomic E-state index is 0.807. The van der Waals surface area contributed by atoms with Crippen molar-refractivity contribution in [1.29, 1.82) is 0 Å². The zero-order valence-corrected chi connectivity index (χ0v) is 10.8. The lowest BCUT2D eigenvalue weighted by atomic mass is 9.80. The first-order valence-corrected chi connectivity index (χ1v) is 6.81. The molecule has 2 heterocycles. The summed E-state index contributed by atoms with van der Waals surface area (Å²) in [6.45, 7) is 9.22. The van der Waals surface area contributed by atoms with Gasteiger partial charge in [0.25, 0.3) is 0 Å². The van der Waals surface area contributed by atoms with Crippen LogP contribution in [0.2, 0.25) is 0 Å². The van der Waals surface area contributed by atoms with E-state index in [9.17, 15) is 0 Å². The first-order chi connectivity index (χ1) is 7.22. The SMILES string of the molecule is CCC1CNCCC1c1cc(C)sc1C. The summed E-state index contributed by atoms with van der Waals surface area (Å²) in [7, 11) is 0. The van der Waals surface area contributed by atoms with E-state index in [2.05, 4.69) is 32.2 Å². The Labute approximate surface area is 96.9 Å². The Balaban J connectivity index is 2.23. The van der Waals surface area contributed by atoms with Gasteiger partial charge >= 0.3 is 0 Å². The van der Waals surface area contributed by atoms with E-state index in [1.54, 1.807) is 5.56 Å². The molecule has 15 heavy (non-hydrogen) atoms. The number of aryl methyl sites for hydroxylation is 2. The third-order valence-electron chi connectivity index (χ3n) is 3.61. The lowest BCUT2D eigenvalue weighted by Gasteiger charge is -2.31. The molecule has 1 aromatic heterocycles. The van der Waals surface area contributed by atoms with Crippen molar-refractivity contribution in [2.24, 2.45) is 5.92 Å². The van der Waals surface area contributed by atoms with Crippen LogP contribution in [0.5, 0.6) is 0 Å². The van der Waals surface area contributed by atoms with Gasteiger partial charge in [0.1, 0.15) is 0 Å². The first kappa shape index (κ1) is 11.2. The molecule has 0 aliphatic carbocycles. The van der Waals surface area contributed by atoms with Crippen molar-refractivity contribution in [3.8, 4) is 0 Å². The lowest BCUT2D eigenvalue weighted by molar-refractivity contribution is 0.317. The quantitative estimate of drug-likeness (QED) is 0.809. The van der Waals surface area contributed by atoms with Gasteiger partial charge in [-0.15, -0.1) is 11.3 Å². The Bertz CT molecular complexity index is 329. The Morgan fingerprint density at radius 3 is 2.87 bits per heavy atom. The van der Waals surface area contributed by atoms with Crippen molar-refractivity contribution in [1.82, 2.24) is 5.32 Å². The molecule has 2 atom stereocenters. The highest BCUT2D eigenvalue weighted by molar-refractivity contribution is 7.12. The Morgan fingerprint density at radius 2 is 2.27 bits per heavy atom. The zero-order valence-electron chi connectivity index (χ0n) is 9.97. The summed E-state index contributed by atoms with van der Waals surface area (Å²) in [4.78, 5) is 3.01. The van der Waals surface area contributed by atoms with Crippen LogP contribution in [0.1, 0.15) is 41.0 Å². The molecule has 1 saturated heterocycles. The summed E-state index contributed by atoms with van der Waals surface area (Å²) >= 11 is 1.95. The van der Waals surface area contributed by atoms with Gasteiger partial charge in [-0.1, -0.05) is 13.3 Å². The van der Waals surface area contributed by atoms with E-state index in [4.69, 9.17) is 0 Å². The van der Waals surface area contributed by atoms with Gasteiger partial charge in [0.2, 0.25) is 0 Å². The molecule has 0 amide bonds. The molecule has 0 aromatic carbocycles. The number of hydrogen-bond donors (Lipinski definition) is 1. The Kier molecular flexibility index (Phi) is 3.47. The molecule has 1 fully saturated rings. The number of thiophene rings is 1. The Morgan fingerprint density at radius 1 is 1.47 bits per heavy atom. The molecule has 84 valence electrons. The van der Waals surface area contributed by atoms with E-state index in [1.165, 1.54) is 35.7 Å². The molecular weight excluding hydrogens is 202 g/mol. The fraction of sp³-hybridized carbons (Fsp3) is 0.692. The molecule has 1 aliphatic heterocycles. The first-order valence-electron chi connectivity index (χ1n) is 6.00. The second kappa shape index (κ2) is 4.67. The molecule has 2 rings (SSSR count). The van der Waals surface area contributed by atoms with Gasteiger partial charge in [-0.25, -0.2) is 0 Å². The minimum atomic E-state index is 0.807.